The molecule has 2 heterocycles. The predicted molar refractivity (Wildman–Crippen MR) is 103 cm³/mol. The van der Waals surface area contributed by atoms with Crippen molar-refractivity contribution in [2.24, 2.45) is 0 Å². The number of hydrogen-bond acceptors (Lipinski definition) is 4. The van der Waals surface area contributed by atoms with Crippen LogP contribution in [0.2, 0.25) is 18.1 Å². The van der Waals surface area contributed by atoms with Crippen LogP contribution >= 0.6 is 0 Å². The molecule has 1 aromatic heterocycles. The fourth-order valence-corrected chi connectivity index (χ4v) is 4.77. The molecule has 0 aliphatic carbocycles. The van der Waals surface area contributed by atoms with E-state index < -0.39 is 14.4 Å². The third-order valence-corrected chi connectivity index (χ3v) is 10.5. The van der Waals surface area contributed by atoms with E-state index in [2.05, 4.69) is 65.9 Å². The number of hydrogen-bond donors (Lipinski definition) is 2. The second kappa shape index (κ2) is 7.68. The average Bonchev–Trinajstić information content (AvgIpc) is 2.48. The van der Waals surface area contributed by atoms with Crippen molar-refractivity contribution < 1.29 is 14.3 Å². The van der Waals surface area contributed by atoms with Crippen LogP contribution in [0.4, 0.5) is 10.5 Å². The Kier molecular flexibility index (Phi) is 6.23. The van der Waals surface area contributed by atoms with Gasteiger partial charge in [-0.2, -0.15) is 0 Å². The van der Waals surface area contributed by atoms with E-state index in [1.807, 2.05) is 12.3 Å². The summed E-state index contributed by atoms with van der Waals surface area (Å²) in [5, 5.41) is 12.0. The van der Waals surface area contributed by atoms with Gasteiger partial charge in [-0.3, -0.25) is 0 Å². The zero-order chi connectivity index (χ0) is 18.8. The normalized spacial score (nSPS) is 21.9. The molecule has 1 aliphatic heterocycles. The minimum absolute atomic E-state index is 0.0927. The molecule has 2 rings (SSSR count). The van der Waals surface area contributed by atoms with Crippen molar-refractivity contribution in [3.05, 3.63) is 18.5 Å². The summed E-state index contributed by atoms with van der Waals surface area (Å²) in [6.45, 7) is 12.5. The minimum atomic E-state index is -1.96. The molecule has 1 amide bonds. The van der Waals surface area contributed by atoms with Gasteiger partial charge in [0.05, 0.1) is 0 Å². The molecule has 6 nitrogen and oxygen atoms in total. The molecule has 1 aliphatic rings. The number of nitrogens with one attached hydrogen (secondary N) is 1. The number of rotatable bonds is 4. The van der Waals surface area contributed by atoms with Gasteiger partial charge in [-0.1, -0.05) is 0 Å². The molecule has 2 radical (unpaired) electrons. The fourth-order valence-electron chi connectivity index (χ4n) is 2.79. The Morgan fingerprint density at radius 2 is 2.16 bits per heavy atom. The summed E-state index contributed by atoms with van der Waals surface area (Å²) in [5.74, 6) is 0. The number of amides is 1. The molecule has 2 N–H and O–H groups in total. The second-order valence-electron chi connectivity index (χ2n) is 8.07. The molecule has 138 valence electrons. The third kappa shape index (κ3) is 4.99. The molecule has 25 heavy (non-hydrogen) atoms. The van der Waals surface area contributed by atoms with Crippen LogP contribution in [0.25, 0.3) is 0 Å². The maximum atomic E-state index is 11.3. The Bertz CT molecular complexity index is 621. The molecular formula is C17H28AsN3O3Si. The molecule has 8 heteroatoms. The first-order chi connectivity index (χ1) is 11.5. The summed E-state index contributed by atoms with van der Waals surface area (Å²) in [6, 6.07) is 1.72. The molecule has 2 atom stereocenters. The van der Waals surface area contributed by atoms with E-state index in [-0.39, 0.29) is 17.2 Å². The van der Waals surface area contributed by atoms with Crippen LogP contribution in [0.15, 0.2) is 18.5 Å². The van der Waals surface area contributed by atoms with Gasteiger partial charge in [0.1, 0.15) is 0 Å². The Morgan fingerprint density at radius 1 is 1.48 bits per heavy atom. The van der Waals surface area contributed by atoms with Crippen LogP contribution in [0.1, 0.15) is 27.2 Å². The van der Waals surface area contributed by atoms with Crippen molar-refractivity contribution in [2.75, 3.05) is 18.0 Å². The SMILES string of the molecule is CC(C)(C)[Si](C)(C)O[C@@H]1CCN(c2ccncc2[As])C[C@H]1NC(=O)O. The Labute approximate surface area is 160 Å². The maximum absolute atomic E-state index is 11.3. The van der Waals surface area contributed by atoms with E-state index in [1.54, 1.807) is 6.20 Å². The first-order valence-corrected chi connectivity index (χ1v) is 12.4. The topological polar surface area (TPSA) is 74.7 Å². The van der Waals surface area contributed by atoms with E-state index in [9.17, 15) is 9.90 Å². The van der Waals surface area contributed by atoms with Crippen LogP contribution < -0.4 is 14.6 Å². The van der Waals surface area contributed by atoms with Crippen LogP contribution in [-0.2, 0) is 4.43 Å². The Morgan fingerprint density at radius 3 is 2.72 bits per heavy atom. The summed E-state index contributed by atoms with van der Waals surface area (Å²) in [4.78, 5) is 17.6. The van der Waals surface area contributed by atoms with Crippen molar-refractivity contribution in [2.45, 2.75) is 57.5 Å². The van der Waals surface area contributed by atoms with Gasteiger partial charge in [0.2, 0.25) is 0 Å². The molecule has 1 saturated heterocycles. The summed E-state index contributed by atoms with van der Waals surface area (Å²) in [6.07, 6.45) is 3.28. The van der Waals surface area contributed by atoms with Gasteiger partial charge >= 0.3 is 160 Å². The molecule has 0 bridgehead atoms. The summed E-state index contributed by atoms with van der Waals surface area (Å²) in [7, 11) is -1.96. The van der Waals surface area contributed by atoms with Gasteiger partial charge in [0.25, 0.3) is 0 Å². The Hall–Kier alpha value is -1.04. The first kappa shape index (κ1) is 20.3. The van der Waals surface area contributed by atoms with Crippen molar-refractivity contribution in [3.63, 3.8) is 0 Å². The standard InChI is InChI=1S/C17H28AsN3O3Si/c1-17(2,3)25(4,5)24-15-7-9-21(11-13(15)20-16(22)23)14-6-8-19-10-12(14)18/h6,8,10,13,15,20H,7,9,11H2,1-5H3,(H,22,23)/t13-,15-/m1/s1. The predicted octanol–water partition coefficient (Wildman–Crippen LogP) is 2.11. The zero-order valence-electron chi connectivity index (χ0n) is 15.6. The number of piperidine rings is 1. The number of pyridine rings is 1. The average molecular weight is 425 g/mol. The number of nitrogens with zero attached hydrogens (tertiary/aromatic N) is 2. The van der Waals surface area contributed by atoms with Gasteiger partial charge in [-0.05, 0) is 0 Å². The number of aromatic nitrogens is 1. The quantitative estimate of drug-likeness (QED) is 0.723. The number of anilines is 1. The van der Waals surface area contributed by atoms with Crippen LogP contribution in [0.5, 0.6) is 0 Å². The molecule has 0 unspecified atom stereocenters. The summed E-state index contributed by atoms with van der Waals surface area (Å²) >= 11 is 2.53. The van der Waals surface area contributed by atoms with Gasteiger partial charge in [-0.15, -0.1) is 0 Å². The van der Waals surface area contributed by atoms with Gasteiger partial charge in [-0.25, -0.2) is 0 Å². The fraction of sp³-hybridized carbons (Fsp3) is 0.647. The van der Waals surface area contributed by atoms with E-state index in [1.165, 1.54) is 0 Å². The molecule has 0 spiro atoms. The molecular weight excluding hydrogens is 397 g/mol. The monoisotopic (exact) mass is 425 g/mol. The Balaban J connectivity index is 2.18. The van der Waals surface area contributed by atoms with Crippen LogP contribution in [0.3, 0.4) is 0 Å². The van der Waals surface area contributed by atoms with E-state index in [0.29, 0.717) is 6.54 Å². The molecule has 1 aromatic rings. The van der Waals surface area contributed by atoms with Crippen LogP contribution in [-0.4, -0.2) is 66.6 Å². The van der Waals surface area contributed by atoms with Crippen molar-refractivity contribution in [1.82, 2.24) is 10.3 Å². The first-order valence-electron chi connectivity index (χ1n) is 8.56. The molecule has 0 aromatic carbocycles. The van der Waals surface area contributed by atoms with Crippen LogP contribution in [0, 0.1) is 0 Å². The van der Waals surface area contributed by atoms with E-state index in [4.69, 9.17) is 4.43 Å². The zero-order valence-corrected chi connectivity index (χ0v) is 18.5. The van der Waals surface area contributed by atoms with Crippen molar-refractivity contribution in [1.29, 1.82) is 0 Å². The van der Waals surface area contributed by atoms with Crippen molar-refractivity contribution >= 4 is 41.3 Å². The summed E-state index contributed by atoms with van der Waals surface area (Å²) in [5.41, 5.74) is 1.08. The van der Waals surface area contributed by atoms with E-state index in [0.717, 1.165) is 23.0 Å². The van der Waals surface area contributed by atoms with E-state index >= 15 is 0 Å². The number of carboxylic acid groups (broad SMARTS) is 1. The van der Waals surface area contributed by atoms with Gasteiger partial charge in [0, 0.05) is 0 Å². The summed E-state index contributed by atoms with van der Waals surface area (Å²) < 4.78 is 7.58. The number of carbonyl (C=O) groups is 1. The second-order valence-corrected chi connectivity index (χ2v) is 13.8. The third-order valence-electron chi connectivity index (χ3n) is 5.23. The molecule has 0 saturated carbocycles. The van der Waals surface area contributed by atoms with Crippen molar-refractivity contribution in [3.8, 4) is 0 Å². The van der Waals surface area contributed by atoms with Gasteiger partial charge in [0.15, 0.2) is 0 Å². The molecule has 1 fully saturated rings. The van der Waals surface area contributed by atoms with Gasteiger partial charge < -0.3 is 0 Å².